The van der Waals surface area contributed by atoms with Crippen LogP contribution in [0.25, 0.3) is 0 Å². The number of carbonyl (C=O) groups excluding carboxylic acids is 1. The monoisotopic (exact) mass is 337 g/mol. The van der Waals surface area contributed by atoms with Crippen molar-refractivity contribution in [3.63, 3.8) is 0 Å². The summed E-state index contributed by atoms with van der Waals surface area (Å²) in [6, 6.07) is 8.04. The van der Waals surface area contributed by atoms with Crippen LogP contribution in [-0.4, -0.2) is 37.4 Å². The largest absolute Gasteiger partial charge is 0.379 e. The maximum atomic E-state index is 12.0. The molecule has 5 heteroatoms. The van der Waals surface area contributed by atoms with Crippen LogP contribution in [0, 0.1) is 0 Å². The average Bonchev–Trinajstić information content (AvgIpc) is 2.54. The molecule has 0 aliphatic carbocycles. The van der Waals surface area contributed by atoms with E-state index in [0.29, 0.717) is 33.0 Å². The lowest BCUT2D eigenvalue weighted by atomic mass is 10.1. The number of ether oxygens (including phenoxy) is 3. The van der Waals surface area contributed by atoms with Crippen LogP contribution in [0.15, 0.2) is 24.3 Å². The Hall–Kier alpha value is -1.43. The molecular weight excluding hydrogens is 306 g/mol. The maximum absolute atomic E-state index is 12.0. The fourth-order valence-electron chi connectivity index (χ4n) is 1.97. The fourth-order valence-corrected chi connectivity index (χ4v) is 1.97. The molecule has 0 aromatic heterocycles. The van der Waals surface area contributed by atoms with Crippen molar-refractivity contribution in [1.82, 2.24) is 5.32 Å². The van der Waals surface area contributed by atoms with Crippen LogP contribution in [0.2, 0.25) is 0 Å². The Kier molecular flexibility index (Phi) is 8.97. The Balaban J connectivity index is 2.39. The fraction of sp³-hybridized carbons (Fsp3) is 0.632. The lowest BCUT2D eigenvalue weighted by Crippen LogP contribution is -2.34. The Labute approximate surface area is 145 Å². The van der Waals surface area contributed by atoms with Gasteiger partial charge >= 0.3 is 0 Å². The minimum Gasteiger partial charge on any atom is -0.379 e. The van der Waals surface area contributed by atoms with Crippen LogP contribution in [0.5, 0.6) is 0 Å². The van der Waals surface area contributed by atoms with Crippen LogP contribution in [0.3, 0.4) is 0 Å². The molecule has 5 nitrogen and oxygen atoms in total. The number of carbonyl (C=O) groups is 1. The molecule has 0 saturated carbocycles. The van der Waals surface area contributed by atoms with E-state index in [4.69, 9.17) is 14.2 Å². The Morgan fingerprint density at radius 1 is 1.21 bits per heavy atom. The molecule has 0 aliphatic heterocycles. The second kappa shape index (κ2) is 10.4. The number of nitrogens with one attached hydrogen (secondary N) is 1. The summed E-state index contributed by atoms with van der Waals surface area (Å²) < 4.78 is 16.4. The van der Waals surface area contributed by atoms with Gasteiger partial charge in [-0.25, -0.2) is 0 Å². The SMILES string of the molecule is CCOCCO[C@@H](C)C(=O)NCc1cccc(COC(C)(C)C)c1. The van der Waals surface area contributed by atoms with Gasteiger partial charge in [0, 0.05) is 13.2 Å². The van der Waals surface area contributed by atoms with E-state index in [1.807, 2.05) is 52.0 Å². The molecule has 1 amide bonds. The minimum atomic E-state index is -0.488. The predicted molar refractivity (Wildman–Crippen MR) is 94.7 cm³/mol. The second-order valence-electron chi connectivity index (χ2n) is 6.65. The number of hydrogen-bond acceptors (Lipinski definition) is 4. The van der Waals surface area contributed by atoms with E-state index in [1.165, 1.54) is 0 Å². The number of rotatable bonds is 10. The van der Waals surface area contributed by atoms with E-state index in [0.717, 1.165) is 11.1 Å². The molecule has 24 heavy (non-hydrogen) atoms. The first-order valence-corrected chi connectivity index (χ1v) is 8.50. The minimum absolute atomic E-state index is 0.122. The normalized spacial score (nSPS) is 12.9. The van der Waals surface area contributed by atoms with Crippen molar-refractivity contribution < 1.29 is 19.0 Å². The maximum Gasteiger partial charge on any atom is 0.249 e. The first kappa shape index (κ1) is 20.6. The smallest absolute Gasteiger partial charge is 0.249 e. The van der Waals surface area contributed by atoms with Crippen LogP contribution in [-0.2, 0) is 32.2 Å². The summed E-state index contributed by atoms with van der Waals surface area (Å²) in [5, 5.41) is 2.89. The first-order valence-electron chi connectivity index (χ1n) is 8.50. The molecule has 0 aliphatic rings. The molecule has 0 heterocycles. The summed E-state index contributed by atoms with van der Waals surface area (Å²) in [6.07, 6.45) is -0.488. The number of benzene rings is 1. The molecule has 1 N–H and O–H groups in total. The van der Waals surface area contributed by atoms with Crippen molar-refractivity contribution in [3.8, 4) is 0 Å². The zero-order valence-electron chi connectivity index (χ0n) is 15.6. The summed E-state index contributed by atoms with van der Waals surface area (Å²) in [5.74, 6) is -0.122. The van der Waals surface area contributed by atoms with Gasteiger partial charge in [-0.05, 0) is 45.7 Å². The highest BCUT2D eigenvalue weighted by Gasteiger charge is 2.13. The molecule has 136 valence electrons. The zero-order valence-corrected chi connectivity index (χ0v) is 15.6. The van der Waals surface area contributed by atoms with Gasteiger partial charge in [-0.1, -0.05) is 24.3 Å². The van der Waals surface area contributed by atoms with E-state index >= 15 is 0 Å². The van der Waals surface area contributed by atoms with E-state index in [9.17, 15) is 4.79 Å². The highest BCUT2D eigenvalue weighted by molar-refractivity contribution is 5.80. The molecule has 0 spiro atoms. The van der Waals surface area contributed by atoms with Crippen LogP contribution >= 0.6 is 0 Å². The molecule has 0 unspecified atom stereocenters. The number of hydrogen-bond donors (Lipinski definition) is 1. The summed E-state index contributed by atoms with van der Waals surface area (Å²) in [7, 11) is 0. The zero-order chi connectivity index (χ0) is 18.0. The van der Waals surface area contributed by atoms with Crippen molar-refractivity contribution in [2.24, 2.45) is 0 Å². The summed E-state index contributed by atoms with van der Waals surface area (Å²) in [6.45, 7) is 12.4. The van der Waals surface area contributed by atoms with Gasteiger partial charge in [0.25, 0.3) is 0 Å². The van der Waals surface area contributed by atoms with E-state index in [2.05, 4.69) is 5.32 Å². The molecule has 1 rings (SSSR count). The molecule has 0 bridgehead atoms. The van der Waals surface area contributed by atoms with Gasteiger partial charge in [0.2, 0.25) is 5.91 Å². The molecule has 0 radical (unpaired) electrons. The van der Waals surface area contributed by atoms with Crippen LogP contribution < -0.4 is 5.32 Å². The second-order valence-corrected chi connectivity index (χ2v) is 6.65. The molecule has 1 aromatic carbocycles. The van der Waals surface area contributed by atoms with Crippen molar-refractivity contribution >= 4 is 5.91 Å². The lowest BCUT2D eigenvalue weighted by molar-refractivity contribution is -0.132. The first-order chi connectivity index (χ1) is 11.3. The Bertz CT molecular complexity index is 496. The third-order valence-corrected chi connectivity index (χ3v) is 3.30. The van der Waals surface area contributed by atoms with Gasteiger partial charge in [-0.15, -0.1) is 0 Å². The van der Waals surface area contributed by atoms with Crippen molar-refractivity contribution in [1.29, 1.82) is 0 Å². The Morgan fingerprint density at radius 3 is 2.58 bits per heavy atom. The number of amides is 1. The van der Waals surface area contributed by atoms with Crippen molar-refractivity contribution in [3.05, 3.63) is 35.4 Å². The standard InChI is InChI=1S/C19H31NO4/c1-6-22-10-11-23-15(2)18(21)20-13-16-8-7-9-17(12-16)14-24-19(3,4)5/h7-9,12,15H,6,10-11,13-14H2,1-5H3,(H,20,21)/t15-/m0/s1. The van der Waals surface area contributed by atoms with Crippen molar-refractivity contribution in [2.75, 3.05) is 19.8 Å². The highest BCUT2D eigenvalue weighted by Crippen LogP contribution is 2.13. The molecule has 1 aromatic rings. The molecule has 0 saturated heterocycles. The summed E-state index contributed by atoms with van der Waals surface area (Å²) in [5.41, 5.74) is 1.97. The van der Waals surface area contributed by atoms with Gasteiger partial charge in [-0.3, -0.25) is 4.79 Å². The van der Waals surface area contributed by atoms with Gasteiger partial charge in [0.1, 0.15) is 6.10 Å². The third kappa shape index (κ3) is 9.01. The van der Waals surface area contributed by atoms with Crippen LogP contribution in [0.4, 0.5) is 0 Å². The average molecular weight is 337 g/mol. The van der Waals surface area contributed by atoms with Crippen LogP contribution in [0.1, 0.15) is 45.7 Å². The van der Waals surface area contributed by atoms with E-state index in [-0.39, 0.29) is 11.5 Å². The van der Waals surface area contributed by atoms with E-state index in [1.54, 1.807) is 6.92 Å². The molecule has 1 atom stereocenters. The van der Waals surface area contributed by atoms with Gasteiger partial charge in [0.15, 0.2) is 0 Å². The summed E-state index contributed by atoms with van der Waals surface area (Å²) >= 11 is 0. The Morgan fingerprint density at radius 2 is 1.92 bits per heavy atom. The third-order valence-electron chi connectivity index (χ3n) is 3.30. The van der Waals surface area contributed by atoms with Crippen molar-refractivity contribution in [2.45, 2.75) is 59.5 Å². The summed E-state index contributed by atoms with van der Waals surface area (Å²) in [4.78, 5) is 12.0. The highest BCUT2D eigenvalue weighted by atomic mass is 16.5. The predicted octanol–water partition coefficient (Wildman–Crippen LogP) is 3.06. The quantitative estimate of drug-likeness (QED) is 0.667. The lowest BCUT2D eigenvalue weighted by Gasteiger charge is -2.19. The van der Waals surface area contributed by atoms with Gasteiger partial charge < -0.3 is 19.5 Å². The van der Waals surface area contributed by atoms with Gasteiger partial charge in [-0.2, -0.15) is 0 Å². The molecular formula is C19H31NO4. The topological polar surface area (TPSA) is 56.8 Å². The molecule has 0 fully saturated rings. The van der Waals surface area contributed by atoms with E-state index < -0.39 is 6.10 Å². The van der Waals surface area contributed by atoms with Gasteiger partial charge in [0.05, 0.1) is 25.4 Å².